The van der Waals surface area contributed by atoms with Gasteiger partial charge >= 0.3 is 0 Å². The zero-order valence-corrected chi connectivity index (χ0v) is 15.9. The van der Waals surface area contributed by atoms with Crippen molar-refractivity contribution in [1.82, 2.24) is 15.2 Å². The Morgan fingerprint density at radius 2 is 2.38 bits per heavy atom. The van der Waals surface area contributed by atoms with Crippen LogP contribution >= 0.6 is 11.3 Å². The van der Waals surface area contributed by atoms with Crippen molar-refractivity contribution in [1.29, 1.82) is 0 Å². The number of ether oxygens (including phenoxy) is 2. The van der Waals surface area contributed by atoms with E-state index in [1.54, 1.807) is 18.4 Å². The van der Waals surface area contributed by atoms with Gasteiger partial charge in [-0.15, -0.1) is 11.3 Å². The Bertz CT molecular complexity index is 507. The molecule has 1 saturated heterocycles. The van der Waals surface area contributed by atoms with Crippen molar-refractivity contribution in [3.05, 3.63) is 16.1 Å². The molecule has 1 aromatic heterocycles. The number of nitrogens with one attached hydrogen (secondary N) is 1. The topological polar surface area (TPSA) is 59.0 Å². The van der Waals surface area contributed by atoms with Crippen LogP contribution in [0.5, 0.6) is 0 Å². The SMILES string of the molecule is CCNC(=NCCc1csc(C)n1)N1CCC(COCCOC)C1. The summed E-state index contributed by atoms with van der Waals surface area (Å²) in [5.41, 5.74) is 1.14. The summed E-state index contributed by atoms with van der Waals surface area (Å²) in [6.45, 7) is 10.0. The molecule has 0 saturated carbocycles. The molecule has 2 rings (SSSR count). The van der Waals surface area contributed by atoms with Crippen LogP contribution in [0, 0.1) is 12.8 Å². The van der Waals surface area contributed by atoms with Crippen LogP contribution in [0.2, 0.25) is 0 Å². The number of guanidine groups is 1. The van der Waals surface area contributed by atoms with Crippen LogP contribution in [-0.4, -0.2) is 69.0 Å². The van der Waals surface area contributed by atoms with Gasteiger partial charge in [-0.05, 0) is 20.3 Å². The average molecular weight is 355 g/mol. The maximum Gasteiger partial charge on any atom is 0.193 e. The molecule has 7 heteroatoms. The lowest BCUT2D eigenvalue weighted by atomic mass is 10.1. The monoisotopic (exact) mass is 354 g/mol. The Morgan fingerprint density at radius 3 is 3.08 bits per heavy atom. The number of aryl methyl sites for hydroxylation is 1. The standard InChI is InChI=1S/C17H30N4O2S/c1-4-18-17(19-7-5-16-13-24-14(2)20-16)21-8-6-15(11-21)12-23-10-9-22-3/h13,15H,4-12H2,1-3H3,(H,18,19). The van der Waals surface area contributed by atoms with E-state index in [4.69, 9.17) is 14.5 Å². The van der Waals surface area contributed by atoms with Crippen molar-refractivity contribution >= 4 is 17.3 Å². The summed E-state index contributed by atoms with van der Waals surface area (Å²) in [5.74, 6) is 1.59. The lowest BCUT2D eigenvalue weighted by Gasteiger charge is -2.21. The fourth-order valence-electron chi connectivity index (χ4n) is 2.78. The predicted octanol–water partition coefficient (Wildman–Crippen LogP) is 1.94. The third-order valence-corrected chi connectivity index (χ3v) is 4.82. The van der Waals surface area contributed by atoms with Gasteiger partial charge in [-0.3, -0.25) is 4.99 Å². The molecular formula is C17H30N4O2S. The minimum atomic E-state index is 0.576. The Morgan fingerprint density at radius 1 is 1.50 bits per heavy atom. The molecule has 0 aromatic carbocycles. The van der Waals surface area contributed by atoms with E-state index >= 15 is 0 Å². The first-order valence-corrected chi connectivity index (χ1v) is 9.61. The van der Waals surface area contributed by atoms with Gasteiger partial charge in [0.15, 0.2) is 5.96 Å². The van der Waals surface area contributed by atoms with Gasteiger partial charge < -0.3 is 19.7 Å². The summed E-state index contributed by atoms with van der Waals surface area (Å²) < 4.78 is 10.7. The molecule has 1 N–H and O–H groups in total. The Hall–Kier alpha value is -1.18. The van der Waals surface area contributed by atoms with Crippen molar-refractivity contribution in [2.24, 2.45) is 10.9 Å². The van der Waals surface area contributed by atoms with E-state index in [1.165, 1.54) is 0 Å². The molecule has 1 aliphatic heterocycles. The molecule has 1 atom stereocenters. The first kappa shape index (κ1) is 19.1. The predicted molar refractivity (Wildman–Crippen MR) is 98.9 cm³/mol. The lowest BCUT2D eigenvalue weighted by Crippen LogP contribution is -2.40. The molecule has 1 aromatic rings. The Kier molecular flexibility index (Phi) is 8.49. The van der Waals surface area contributed by atoms with Crippen LogP contribution in [0.3, 0.4) is 0 Å². The molecule has 1 fully saturated rings. The van der Waals surface area contributed by atoms with Crippen molar-refractivity contribution in [2.75, 3.05) is 53.1 Å². The fraction of sp³-hybridized carbons (Fsp3) is 0.765. The molecule has 24 heavy (non-hydrogen) atoms. The highest BCUT2D eigenvalue weighted by Crippen LogP contribution is 2.17. The van der Waals surface area contributed by atoms with E-state index in [0.29, 0.717) is 19.1 Å². The first-order valence-electron chi connectivity index (χ1n) is 8.73. The Labute approximate surface area is 149 Å². The van der Waals surface area contributed by atoms with Crippen LogP contribution in [0.25, 0.3) is 0 Å². The highest BCUT2D eigenvalue weighted by molar-refractivity contribution is 7.09. The molecule has 0 spiro atoms. The number of rotatable bonds is 9. The number of hydrogen-bond acceptors (Lipinski definition) is 5. The van der Waals surface area contributed by atoms with E-state index < -0.39 is 0 Å². The molecule has 0 aliphatic carbocycles. The number of aromatic nitrogens is 1. The maximum absolute atomic E-state index is 5.67. The maximum atomic E-state index is 5.67. The van der Waals surface area contributed by atoms with Gasteiger partial charge in [0, 0.05) is 51.0 Å². The zero-order chi connectivity index (χ0) is 17.2. The summed E-state index contributed by atoms with van der Waals surface area (Å²) in [4.78, 5) is 11.6. The van der Waals surface area contributed by atoms with Crippen LogP contribution in [0.15, 0.2) is 10.4 Å². The lowest BCUT2D eigenvalue weighted by molar-refractivity contribution is 0.0536. The molecule has 0 amide bonds. The van der Waals surface area contributed by atoms with Crippen molar-refractivity contribution in [2.45, 2.75) is 26.7 Å². The average Bonchev–Trinajstić information content (AvgIpc) is 3.20. The summed E-state index contributed by atoms with van der Waals surface area (Å²) in [7, 11) is 1.70. The number of methoxy groups -OCH3 is 1. The highest BCUT2D eigenvalue weighted by Gasteiger charge is 2.24. The van der Waals surface area contributed by atoms with E-state index in [0.717, 1.165) is 62.3 Å². The molecule has 2 heterocycles. The van der Waals surface area contributed by atoms with Gasteiger partial charge in [-0.1, -0.05) is 0 Å². The van der Waals surface area contributed by atoms with Gasteiger partial charge in [0.05, 0.1) is 30.5 Å². The summed E-state index contributed by atoms with van der Waals surface area (Å²) in [5, 5.41) is 6.66. The minimum absolute atomic E-state index is 0.576. The van der Waals surface area contributed by atoms with E-state index in [-0.39, 0.29) is 0 Å². The van der Waals surface area contributed by atoms with Crippen molar-refractivity contribution in [3.63, 3.8) is 0 Å². The molecule has 136 valence electrons. The molecule has 0 radical (unpaired) electrons. The third kappa shape index (κ3) is 6.37. The second-order valence-corrected chi connectivity index (χ2v) is 7.07. The summed E-state index contributed by atoms with van der Waals surface area (Å²) in [6, 6.07) is 0. The third-order valence-electron chi connectivity index (χ3n) is 4.00. The smallest absolute Gasteiger partial charge is 0.193 e. The van der Waals surface area contributed by atoms with Crippen molar-refractivity contribution < 1.29 is 9.47 Å². The zero-order valence-electron chi connectivity index (χ0n) is 15.1. The quantitative estimate of drug-likeness (QED) is 0.417. The summed E-state index contributed by atoms with van der Waals surface area (Å²) >= 11 is 1.70. The van der Waals surface area contributed by atoms with Gasteiger partial charge in [-0.2, -0.15) is 0 Å². The van der Waals surface area contributed by atoms with Gasteiger partial charge in [0.25, 0.3) is 0 Å². The number of aliphatic imine (C=N–C) groups is 1. The van der Waals surface area contributed by atoms with E-state index in [1.807, 2.05) is 6.92 Å². The second-order valence-electron chi connectivity index (χ2n) is 6.01. The number of hydrogen-bond donors (Lipinski definition) is 1. The van der Waals surface area contributed by atoms with Crippen molar-refractivity contribution in [3.8, 4) is 0 Å². The number of thiazole rings is 1. The largest absolute Gasteiger partial charge is 0.382 e. The second kappa shape index (κ2) is 10.6. The van der Waals surface area contributed by atoms with Gasteiger partial charge in [0.2, 0.25) is 0 Å². The van der Waals surface area contributed by atoms with Crippen LogP contribution in [0.1, 0.15) is 24.0 Å². The normalized spacial score (nSPS) is 18.4. The van der Waals surface area contributed by atoms with Gasteiger partial charge in [0.1, 0.15) is 0 Å². The molecule has 0 bridgehead atoms. The van der Waals surface area contributed by atoms with Crippen LogP contribution in [-0.2, 0) is 15.9 Å². The Balaban J connectivity index is 1.78. The van der Waals surface area contributed by atoms with E-state index in [2.05, 4.69) is 27.5 Å². The number of likely N-dealkylation sites (tertiary alicyclic amines) is 1. The molecular weight excluding hydrogens is 324 g/mol. The van der Waals surface area contributed by atoms with E-state index in [9.17, 15) is 0 Å². The highest BCUT2D eigenvalue weighted by atomic mass is 32.1. The molecule has 1 unspecified atom stereocenters. The minimum Gasteiger partial charge on any atom is -0.382 e. The van der Waals surface area contributed by atoms with Gasteiger partial charge in [-0.25, -0.2) is 4.98 Å². The fourth-order valence-corrected chi connectivity index (χ4v) is 3.43. The first-order chi connectivity index (χ1) is 11.7. The number of nitrogens with zero attached hydrogens (tertiary/aromatic N) is 3. The van der Waals surface area contributed by atoms with Crippen LogP contribution in [0.4, 0.5) is 0 Å². The summed E-state index contributed by atoms with van der Waals surface area (Å²) in [6.07, 6.45) is 2.05. The van der Waals surface area contributed by atoms with Crippen LogP contribution < -0.4 is 5.32 Å². The molecule has 6 nitrogen and oxygen atoms in total. The molecule has 1 aliphatic rings.